The van der Waals surface area contributed by atoms with E-state index in [-0.39, 0.29) is 17.9 Å². The van der Waals surface area contributed by atoms with Gasteiger partial charge < -0.3 is 10.6 Å². The number of rotatable bonds is 7. The Balaban J connectivity index is 4.54. The molecule has 0 aromatic heterocycles. The van der Waals surface area contributed by atoms with Crippen molar-refractivity contribution in [2.45, 2.75) is 66.0 Å². The van der Waals surface area contributed by atoms with E-state index in [0.29, 0.717) is 6.04 Å². The van der Waals surface area contributed by atoms with Crippen LogP contribution in [0, 0.1) is 5.92 Å². The molecule has 0 rings (SSSR count). The monoisotopic (exact) mass is 228 g/mol. The van der Waals surface area contributed by atoms with E-state index in [4.69, 9.17) is 5.73 Å². The van der Waals surface area contributed by atoms with Crippen molar-refractivity contribution in [3.63, 3.8) is 0 Å². The van der Waals surface area contributed by atoms with Gasteiger partial charge in [-0.2, -0.15) is 0 Å². The Labute approximate surface area is 100 Å². The first-order valence-electron chi connectivity index (χ1n) is 6.51. The number of unbranched alkanes of at least 4 members (excludes halogenated alkanes) is 1. The minimum Gasteiger partial charge on any atom is -0.339 e. The smallest absolute Gasteiger partial charge is 0.239 e. The number of amides is 1. The topological polar surface area (TPSA) is 46.3 Å². The first-order valence-corrected chi connectivity index (χ1v) is 6.51. The lowest BCUT2D eigenvalue weighted by Gasteiger charge is -2.32. The van der Waals surface area contributed by atoms with Gasteiger partial charge in [0.25, 0.3) is 0 Å². The first-order chi connectivity index (χ1) is 7.45. The molecule has 3 nitrogen and oxygen atoms in total. The van der Waals surface area contributed by atoms with Crippen LogP contribution in [0.4, 0.5) is 0 Å². The summed E-state index contributed by atoms with van der Waals surface area (Å²) in [6.07, 6.45) is 3.15. The van der Waals surface area contributed by atoms with E-state index >= 15 is 0 Å². The Hall–Kier alpha value is -0.570. The van der Waals surface area contributed by atoms with E-state index in [0.717, 1.165) is 25.8 Å². The molecule has 0 bridgehead atoms. The van der Waals surface area contributed by atoms with Crippen molar-refractivity contribution in [2.24, 2.45) is 11.7 Å². The fraction of sp³-hybridized carbons (Fsp3) is 0.923. The van der Waals surface area contributed by atoms with Gasteiger partial charge in [0.1, 0.15) is 0 Å². The highest BCUT2D eigenvalue weighted by Gasteiger charge is 2.25. The molecule has 96 valence electrons. The van der Waals surface area contributed by atoms with Gasteiger partial charge in [0.05, 0.1) is 6.04 Å². The summed E-state index contributed by atoms with van der Waals surface area (Å²) >= 11 is 0. The normalized spacial score (nSPS) is 14.9. The van der Waals surface area contributed by atoms with Crippen molar-refractivity contribution in [3.8, 4) is 0 Å². The van der Waals surface area contributed by atoms with Crippen LogP contribution in [0.1, 0.15) is 53.9 Å². The summed E-state index contributed by atoms with van der Waals surface area (Å²) in [5.41, 5.74) is 5.93. The Morgan fingerprint density at radius 1 is 1.25 bits per heavy atom. The van der Waals surface area contributed by atoms with Crippen LogP contribution >= 0.6 is 0 Å². The van der Waals surface area contributed by atoms with Gasteiger partial charge in [-0.15, -0.1) is 0 Å². The summed E-state index contributed by atoms with van der Waals surface area (Å²) in [5, 5.41) is 0. The van der Waals surface area contributed by atoms with Crippen LogP contribution in [0.15, 0.2) is 0 Å². The van der Waals surface area contributed by atoms with E-state index in [1.807, 2.05) is 18.7 Å². The van der Waals surface area contributed by atoms with Crippen molar-refractivity contribution in [1.82, 2.24) is 4.90 Å². The predicted molar refractivity (Wildman–Crippen MR) is 69.2 cm³/mol. The Morgan fingerprint density at radius 2 is 1.81 bits per heavy atom. The molecule has 0 saturated heterocycles. The third-order valence-electron chi connectivity index (χ3n) is 3.16. The van der Waals surface area contributed by atoms with Gasteiger partial charge in [0, 0.05) is 12.6 Å². The summed E-state index contributed by atoms with van der Waals surface area (Å²) in [5.74, 6) is 0.318. The van der Waals surface area contributed by atoms with Gasteiger partial charge in [-0.1, -0.05) is 34.1 Å². The summed E-state index contributed by atoms with van der Waals surface area (Å²) in [7, 11) is 0. The Morgan fingerprint density at radius 3 is 2.19 bits per heavy atom. The molecular formula is C13H28N2O. The third kappa shape index (κ3) is 4.52. The zero-order chi connectivity index (χ0) is 12.7. The van der Waals surface area contributed by atoms with Gasteiger partial charge in [-0.3, -0.25) is 4.79 Å². The van der Waals surface area contributed by atoms with Crippen LogP contribution in [-0.4, -0.2) is 29.4 Å². The molecule has 0 aromatic carbocycles. The molecule has 0 aliphatic carbocycles. The van der Waals surface area contributed by atoms with Crippen LogP contribution in [0.5, 0.6) is 0 Å². The maximum atomic E-state index is 12.2. The summed E-state index contributed by atoms with van der Waals surface area (Å²) < 4.78 is 0. The number of hydrogen-bond acceptors (Lipinski definition) is 2. The molecule has 3 heteroatoms. The molecule has 0 spiro atoms. The molecular weight excluding hydrogens is 200 g/mol. The zero-order valence-corrected chi connectivity index (χ0v) is 11.5. The Bertz CT molecular complexity index is 204. The molecule has 0 radical (unpaired) electrons. The lowest BCUT2D eigenvalue weighted by atomic mass is 10.0. The second kappa shape index (κ2) is 7.66. The van der Waals surface area contributed by atoms with Gasteiger partial charge in [0.15, 0.2) is 0 Å². The summed E-state index contributed by atoms with van der Waals surface area (Å²) in [4.78, 5) is 14.1. The van der Waals surface area contributed by atoms with Crippen LogP contribution in [0.2, 0.25) is 0 Å². The molecule has 0 aliphatic heterocycles. The van der Waals surface area contributed by atoms with E-state index in [9.17, 15) is 4.79 Å². The van der Waals surface area contributed by atoms with Crippen molar-refractivity contribution in [1.29, 1.82) is 0 Å². The van der Waals surface area contributed by atoms with Crippen molar-refractivity contribution >= 4 is 5.91 Å². The number of carbonyl (C=O) groups is 1. The first kappa shape index (κ1) is 15.4. The van der Waals surface area contributed by atoms with Gasteiger partial charge in [-0.05, 0) is 25.7 Å². The minimum absolute atomic E-state index is 0.109. The zero-order valence-electron chi connectivity index (χ0n) is 11.5. The maximum absolute atomic E-state index is 12.2. The van der Waals surface area contributed by atoms with E-state index in [1.54, 1.807) is 0 Å². The highest BCUT2D eigenvalue weighted by Crippen LogP contribution is 2.11. The van der Waals surface area contributed by atoms with Crippen LogP contribution in [0.25, 0.3) is 0 Å². The molecule has 1 amide bonds. The summed E-state index contributed by atoms with van der Waals surface area (Å²) in [6, 6.07) is -0.0605. The molecule has 2 N–H and O–H groups in total. The SMILES string of the molecule is CCCCN(C(=O)C(N)C(C)C)C(C)CC. The Kier molecular flexibility index (Phi) is 7.39. The lowest BCUT2D eigenvalue weighted by molar-refractivity contribution is -0.135. The third-order valence-corrected chi connectivity index (χ3v) is 3.16. The fourth-order valence-electron chi connectivity index (χ4n) is 1.57. The van der Waals surface area contributed by atoms with Gasteiger partial charge in [0.2, 0.25) is 5.91 Å². The largest absolute Gasteiger partial charge is 0.339 e. The van der Waals surface area contributed by atoms with Gasteiger partial charge >= 0.3 is 0 Å². The molecule has 16 heavy (non-hydrogen) atoms. The summed E-state index contributed by atoms with van der Waals surface area (Å²) in [6.45, 7) is 11.2. The van der Waals surface area contributed by atoms with Crippen molar-refractivity contribution in [2.75, 3.05) is 6.54 Å². The number of hydrogen-bond donors (Lipinski definition) is 1. The molecule has 0 fully saturated rings. The fourth-order valence-corrected chi connectivity index (χ4v) is 1.57. The molecule has 2 atom stereocenters. The van der Waals surface area contributed by atoms with E-state index in [2.05, 4.69) is 20.8 Å². The van der Waals surface area contributed by atoms with Gasteiger partial charge in [-0.25, -0.2) is 0 Å². The van der Waals surface area contributed by atoms with Crippen LogP contribution < -0.4 is 5.73 Å². The molecule has 0 saturated carbocycles. The lowest BCUT2D eigenvalue weighted by Crippen LogP contribution is -2.50. The quantitative estimate of drug-likeness (QED) is 0.727. The average Bonchev–Trinajstić information content (AvgIpc) is 2.27. The number of nitrogens with two attached hydrogens (primary N) is 1. The highest BCUT2D eigenvalue weighted by molar-refractivity contribution is 5.82. The average molecular weight is 228 g/mol. The highest BCUT2D eigenvalue weighted by atomic mass is 16.2. The molecule has 0 heterocycles. The van der Waals surface area contributed by atoms with E-state index < -0.39 is 0 Å². The van der Waals surface area contributed by atoms with Crippen molar-refractivity contribution < 1.29 is 4.79 Å². The minimum atomic E-state index is -0.356. The van der Waals surface area contributed by atoms with Crippen LogP contribution in [-0.2, 0) is 4.79 Å². The molecule has 0 aliphatic rings. The predicted octanol–water partition coefficient (Wildman–Crippen LogP) is 2.40. The van der Waals surface area contributed by atoms with Crippen LogP contribution in [0.3, 0.4) is 0 Å². The maximum Gasteiger partial charge on any atom is 0.239 e. The molecule has 2 unspecified atom stereocenters. The standard InChI is InChI=1S/C13H28N2O/c1-6-8-9-15(11(5)7-2)13(16)12(14)10(3)4/h10-12H,6-9,14H2,1-5H3. The molecule has 0 aromatic rings. The second-order valence-corrected chi connectivity index (χ2v) is 4.91. The van der Waals surface area contributed by atoms with E-state index in [1.165, 1.54) is 0 Å². The number of carbonyl (C=O) groups excluding carboxylic acids is 1. The number of nitrogens with zero attached hydrogens (tertiary/aromatic N) is 1. The van der Waals surface area contributed by atoms with Crippen molar-refractivity contribution in [3.05, 3.63) is 0 Å². The second-order valence-electron chi connectivity index (χ2n) is 4.91.